The summed E-state index contributed by atoms with van der Waals surface area (Å²) in [5, 5.41) is 2.87. The summed E-state index contributed by atoms with van der Waals surface area (Å²) in [7, 11) is 0. The van der Waals surface area contributed by atoms with Gasteiger partial charge in [0.15, 0.2) is 0 Å². The minimum absolute atomic E-state index is 0.264. The number of imidazole rings is 1. The van der Waals surface area contributed by atoms with Crippen molar-refractivity contribution in [2.45, 2.75) is 6.92 Å². The Hall–Kier alpha value is -3.93. The Kier molecular flexibility index (Phi) is 4.84. The van der Waals surface area contributed by atoms with Crippen molar-refractivity contribution < 1.29 is 9.53 Å². The number of nitrogens with one attached hydrogen (secondary N) is 1. The van der Waals surface area contributed by atoms with Crippen molar-refractivity contribution >= 4 is 11.6 Å². The zero-order valence-corrected chi connectivity index (χ0v) is 15.2. The van der Waals surface area contributed by atoms with Gasteiger partial charge in [-0.1, -0.05) is 30.3 Å². The summed E-state index contributed by atoms with van der Waals surface area (Å²) in [6, 6.07) is 20.1. The molecule has 2 heterocycles. The van der Waals surface area contributed by atoms with Crippen molar-refractivity contribution in [3.05, 3.63) is 96.7 Å². The van der Waals surface area contributed by atoms with Crippen molar-refractivity contribution in [3.63, 3.8) is 0 Å². The molecule has 2 aromatic carbocycles. The van der Waals surface area contributed by atoms with Crippen LogP contribution < -0.4 is 10.1 Å². The predicted molar refractivity (Wildman–Crippen MR) is 107 cm³/mol. The summed E-state index contributed by atoms with van der Waals surface area (Å²) in [5.41, 5.74) is 1.04. The van der Waals surface area contributed by atoms with Gasteiger partial charge in [0.05, 0.1) is 17.4 Å². The molecule has 0 spiro atoms. The number of carbonyl (C=O) groups is 1. The van der Waals surface area contributed by atoms with Crippen LogP contribution >= 0.6 is 0 Å². The highest BCUT2D eigenvalue weighted by molar-refractivity contribution is 6.06. The molecule has 4 aromatic rings. The summed E-state index contributed by atoms with van der Waals surface area (Å²) in [5.74, 6) is 2.48. The van der Waals surface area contributed by atoms with Crippen LogP contribution in [0.5, 0.6) is 11.5 Å². The van der Waals surface area contributed by atoms with Crippen LogP contribution in [0.4, 0.5) is 5.69 Å². The van der Waals surface area contributed by atoms with E-state index in [1.54, 1.807) is 36.7 Å². The minimum atomic E-state index is -0.264. The van der Waals surface area contributed by atoms with Crippen molar-refractivity contribution in [2.75, 3.05) is 5.32 Å². The quantitative estimate of drug-likeness (QED) is 0.556. The summed E-state index contributed by atoms with van der Waals surface area (Å²) in [6.07, 6.45) is 5.18. The number of rotatable bonds is 5. The standard InChI is InChI=1S/C22H18N4O2/c1-16-23-13-14-26(16)21-12-11-17(15-24-21)25-22(27)19-9-5-6-10-20(19)28-18-7-3-2-4-8-18/h2-15H,1H3,(H,25,27). The van der Waals surface area contributed by atoms with E-state index in [1.165, 1.54) is 0 Å². The third kappa shape index (κ3) is 3.76. The molecule has 0 aliphatic rings. The summed E-state index contributed by atoms with van der Waals surface area (Å²) in [6.45, 7) is 1.90. The Morgan fingerprint density at radius 3 is 2.46 bits per heavy atom. The molecule has 0 fully saturated rings. The second-order valence-corrected chi connectivity index (χ2v) is 6.11. The molecule has 2 aromatic heterocycles. The third-order valence-corrected chi connectivity index (χ3v) is 4.18. The molecule has 0 saturated heterocycles. The van der Waals surface area contributed by atoms with Gasteiger partial charge in [-0.05, 0) is 43.3 Å². The third-order valence-electron chi connectivity index (χ3n) is 4.18. The maximum Gasteiger partial charge on any atom is 0.259 e. The maximum atomic E-state index is 12.8. The number of hydrogen-bond donors (Lipinski definition) is 1. The SMILES string of the molecule is Cc1nccn1-c1ccc(NC(=O)c2ccccc2Oc2ccccc2)cn1. The fourth-order valence-electron chi connectivity index (χ4n) is 2.78. The zero-order chi connectivity index (χ0) is 19.3. The molecule has 0 aliphatic heterocycles. The van der Waals surface area contributed by atoms with E-state index < -0.39 is 0 Å². The van der Waals surface area contributed by atoms with Gasteiger partial charge in [-0.15, -0.1) is 0 Å². The van der Waals surface area contributed by atoms with E-state index in [9.17, 15) is 4.79 Å². The highest BCUT2D eigenvalue weighted by Gasteiger charge is 2.13. The van der Waals surface area contributed by atoms with E-state index in [-0.39, 0.29) is 5.91 Å². The fourth-order valence-corrected chi connectivity index (χ4v) is 2.78. The second kappa shape index (κ2) is 7.75. The number of benzene rings is 2. The second-order valence-electron chi connectivity index (χ2n) is 6.11. The Balaban J connectivity index is 1.52. The molecule has 28 heavy (non-hydrogen) atoms. The van der Waals surface area contributed by atoms with Crippen molar-refractivity contribution in [2.24, 2.45) is 0 Å². The molecule has 0 bridgehead atoms. The Labute approximate surface area is 162 Å². The molecule has 138 valence electrons. The number of pyridine rings is 1. The van der Waals surface area contributed by atoms with Crippen LogP contribution in [0.15, 0.2) is 85.3 Å². The van der Waals surface area contributed by atoms with E-state index in [0.29, 0.717) is 22.7 Å². The van der Waals surface area contributed by atoms with Crippen LogP contribution in [0.3, 0.4) is 0 Å². The van der Waals surface area contributed by atoms with E-state index in [1.807, 2.05) is 60.2 Å². The predicted octanol–water partition coefficient (Wildman–Crippen LogP) is 4.62. The molecule has 6 heteroatoms. The van der Waals surface area contributed by atoms with Crippen molar-refractivity contribution in [3.8, 4) is 17.3 Å². The lowest BCUT2D eigenvalue weighted by Crippen LogP contribution is -2.13. The van der Waals surface area contributed by atoms with E-state index in [2.05, 4.69) is 15.3 Å². The topological polar surface area (TPSA) is 69.0 Å². The molecule has 1 amide bonds. The zero-order valence-electron chi connectivity index (χ0n) is 15.2. The first-order chi connectivity index (χ1) is 13.7. The lowest BCUT2D eigenvalue weighted by Gasteiger charge is -2.12. The van der Waals surface area contributed by atoms with Crippen LogP contribution in [0.25, 0.3) is 5.82 Å². The smallest absolute Gasteiger partial charge is 0.259 e. The maximum absolute atomic E-state index is 12.8. The number of hydrogen-bond acceptors (Lipinski definition) is 4. The highest BCUT2D eigenvalue weighted by atomic mass is 16.5. The van der Waals surface area contributed by atoms with Gasteiger partial charge >= 0.3 is 0 Å². The first-order valence-electron chi connectivity index (χ1n) is 8.80. The number of nitrogens with zero attached hydrogens (tertiary/aromatic N) is 3. The number of carbonyl (C=O) groups excluding carboxylic acids is 1. The molecule has 0 aliphatic carbocycles. The summed E-state index contributed by atoms with van der Waals surface area (Å²) < 4.78 is 7.73. The summed E-state index contributed by atoms with van der Waals surface area (Å²) in [4.78, 5) is 21.3. The van der Waals surface area contributed by atoms with Crippen LogP contribution in [0.1, 0.15) is 16.2 Å². The number of anilines is 1. The van der Waals surface area contributed by atoms with Gasteiger partial charge in [-0.25, -0.2) is 9.97 Å². The summed E-state index contributed by atoms with van der Waals surface area (Å²) >= 11 is 0. The van der Waals surface area contributed by atoms with Crippen LogP contribution in [-0.2, 0) is 0 Å². The number of aromatic nitrogens is 3. The lowest BCUT2D eigenvalue weighted by molar-refractivity contribution is 0.102. The molecule has 0 atom stereocenters. The molecule has 0 radical (unpaired) electrons. The lowest BCUT2D eigenvalue weighted by atomic mass is 10.2. The Morgan fingerprint density at radius 1 is 0.964 bits per heavy atom. The molecule has 0 saturated carbocycles. The average molecular weight is 370 g/mol. The molecule has 4 rings (SSSR count). The van der Waals surface area contributed by atoms with E-state index in [4.69, 9.17) is 4.74 Å². The van der Waals surface area contributed by atoms with Crippen molar-refractivity contribution in [1.82, 2.24) is 14.5 Å². The van der Waals surface area contributed by atoms with Crippen molar-refractivity contribution in [1.29, 1.82) is 0 Å². The van der Waals surface area contributed by atoms with Gasteiger partial charge in [0.25, 0.3) is 5.91 Å². The van der Waals surface area contributed by atoms with Gasteiger partial charge in [-0.3, -0.25) is 9.36 Å². The first kappa shape index (κ1) is 17.5. The highest BCUT2D eigenvalue weighted by Crippen LogP contribution is 2.25. The number of ether oxygens (including phenoxy) is 1. The number of amides is 1. The largest absolute Gasteiger partial charge is 0.457 e. The average Bonchev–Trinajstić information content (AvgIpc) is 3.16. The van der Waals surface area contributed by atoms with Gasteiger partial charge in [0.1, 0.15) is 23.1 Å². The van der Waals surface area contributed by atoms with E-state index >= 15 is 0 Å². The van der Waals surface area contributed by atoms with Gasteiger partial charge in [0.2, 0.25) is 0 Å². The van der Waals surface area contributed by atoms with Gasteiger partial charge in [-0.2, -0.15) is 0 Å². The van der Waals surface area contributed by atoms with Crippen LogP contribution in [-0.4, -0.2) is 20.4 Å². The van der Waals surface area contributed by atoms with E-state index in [0.717, 1.165) is 11.6 Å². The molecule has 0 unspecified atom stereocenters. The Bertz CT molecular complexity index is 1090. The van der Waals surface area contributed by atoms with Crippen LogP contribution in [0, 0.1) is 6.92 Å². The monoisotopic (exact) mass is 370 g/mol. The molecular formula is C22H18N4O2. The Morgan fingerprint density at radius 2 is 1.75 bits per heavy atom. The first-order valence-corrected chi connectivity index (χ1v) is 8.80. The molecule has 6 nitrogen and oxygen atoms in total. The number of para-hydroxylation sites is 2. The van der Waals surface area contributed by atoms with Gasteiger partial charge in [0, 0.05) is 12.4 Å². The molecule has 1 N–H and O–H groups in total. The van der Waals surface area contributed by atoms with Gasteiger partial charge < -0.3 is 10.1 Å². The number of aryl methyl sites for hydroxylation is 1. The van der Waals surface area contributed by atoms with Crippen LogP contribution in [0.2, 0.25) is 0 Å². The fraction of sp³-hybridized carbons (Fsp3) is 0.0455. The molecular weight excluding hydrogens is 352 g/mol. The normalized spacial score (nSPS) is 10.5. The minimum Gasteiger partial charge on any atom is -0.457 e.